The first-order valence-electron chi connectivity index (χ1n) is 11.3. The van der Waals surface area contributed by atoms with Crippen LogP contribution >= 0.6 is 23.2 Å². The van der Waals surface area contributed by atoms with Gasteiger partial charge in [-0.3, -0.25) is 9.69 Å². The van der Waals surface area contributed by atoms with E-state index in [0.717, 1.165) is 24.4 Å². The van der Waals surface area contributed by atoms with E-state index in [2.05, 4.69) is 17.6 Å². The van der Waals surface area contributed by atoms with Crippen molar-refractivity contribution in [2.45, 2.75) is 44.4 Å². The molecule has 0 aromatic heterocycles. The number of para-hydroxylation sites is 1. The van der Waals surface area contributed by atoms with Crippen molar-refractivity contribution >= 4 is 46.5 Å². The molecular weight excluding hydrogens is 463 g/mol. The SMILES string of the molecule is CC1CCCC[NH+]1CCCNC(=O)C1(O)c2ccccc2NC(=O)N1c1ccc(Cl)c(Cl)c1. The molecule has 2 aliphatic heterocycles. The van der Waals surface area contributed by atoms with Gasteiger partial charge in [0.25, 0.3) is 11.6 Å². The Morgan fingerprint density at radius 1 is 1.24 bits per heavy atom. The van der Waals surface area contributed by atoms with Crippen molar-refractivity contribution in [3.05, 3.63) is 58.1 Å². The summed E-state index contributed by atoms with van der Waals surface area (Å²) in [5.41, 5.74) is -1.34. The molecule has 3 atom stereocenters. The number of carbonyl (C=O) groups excluding carboxylic acids is 2. The summed E-state index contributed by atoms with van der Waals surface area (Å²) in [6, 6.07) is 11.2. The van der Waals surface area contributed by atoms with E-state index >= 15 is 0 Å². The van der Waals surface area contributed by atoms with Crippen LogP contribution in [0.1, 0.15) is 38.2 Å². The third kappa shape index (κ3) is 4.68. The number of anilines is 2. The lowest BCUT2D eigenvalue weighted by Gasteiger charge is -2.42. The minimum atomic E-state index is -2.25. The van der Waals surface area contributed by atoms with Crippen LogP contribution in [-0.2, 0) is 10.5 Å². The highest BCUT2D eigenvalue weighted by Crippen LogP contribution is 2.41. The Hall–Kier alpha value is -2.32. The number of nitrogens with zero attached hydrogens (tertiary/aromatic N) is 1. The Balaban J connectivity index is 1.57. The van der Waals surface area contributed by atoms with Crippen molar-refractivity contribution in [2.24, 2.45) is 0 Å². The maximum Gasteiger partial charge on any atom is 0.329 e. The molecule has 2 heterocycles. The van der Waals surface area contributed by atoms with Gasteiger partial charge < -0.3 is 20.6 Å². The highest BCUT2D eigenvalue weighted by molar-refractivity contribution is 6.42. The number of piperidine rings is 1. The molecule has 1 saturated heterocycles. The van der Waals surface area contributed by atoms with Crippen molar-refractivity contribution in [3.8, 4) is 0 Å². The number of urea groups is 1. The fourth-order valence-electron chi connectivity index (χ4n) is 4.75. The fraction of sp³-hybridized carbons (Fsp3) is 0.417. The van der Waals surface area contributed by atoms with Crippen LogP contribution in [0.15, 0.2) is 42.5 Å². The lowest BCUT2D eigenvalue weighted by Crippen LogP contribution is -3.16. The number of amides is 3. The minimum absolute atomic E-state index is 0.210. The van der Waals surface area contributed by atoms with Crippen molar-refractivity contribution in [1.29, 1.82) is 0 Å². The van der Waals surface area contributed by atoms with Gasteiger partial charge in [0.15, 0.2) is 0 Å². The van der Waals surface area contributed by atoms with E-state index in [1.54, 1.807) is 35.2 Å². The summed E-state index contributed by atoms with van der Waals surface area (Å²) in [4.78, 5) is 29.0. The third-order valence-electron chi connectivity index (χ3n) is 6.59. The topological polar surface area (TPSA) is 86.1 Å². The highest BCUT2D eigenvalue weighted by atomic mass is 35.5. The number of carbonyl (C=O) groups is 2. The number of hydrogen-bond acceptors (Lipinski definition) is 3. The number of aliphatic hydroxyl groups is 1. The van der Waals surface area contributed by atoms with Crippen molar-refractivity contribution in [3.63, 3.8) is 0 Å². The predicted octanol–water partition coefficient (Wildman–Crippen LogP) is 3.15. The molecule has 2 aromatic carbocycles. The summed E-state index contributed by atoms with van der Waals surface area (Å²) in [6.45, 7) is 4.77. The predicted molar refractivity (Wildman–Crippen MR) is 130 cm³/mol. The van der Waals surface area contributed by atoms with E-state index in [4.69, 9.17) is 23.2 Å². The zero-order chi connectivity index (χ0) is 23.6. The molecule has 2 aliphatic rings. The van der Waals surface area contributed by atoms with Crippen LogP contribution in [0.4, 0.5) is 16.2 Å². The lowest BCUT2D eigenvalue weighted by molar-refractivity contribution is -0.928. The molecule has 3 amide bonds. The van der Waals surface area contributed by atoms with Crippen LogP contribution in [0.25, 0.3) is 0 Å². The molecule has 0 radical (unpaired) electrons. The molecule has 176 valence electrons. The van der Waals surface area contributed by atoms with Gasteiger partial charge in [-0.2, -0.15) is 0 Å². The van der Waals surface area contributed by atoms with Crippen LogP contribution in [0.3, 0.4) is 0 Å². The number of hydrogen-bond donors (Lipinski definition) is 4. The van der Waals surface area contributed by atoms with Crippen molar-refractivity contribution in [1.82, 2.24) is 5.32 Å². The van der Waals surface area contributed by atoms with Gasteiger partial charge >= 0.3 is 6.03 Å². The number of nitrogens with one attached hydrogen (secondary N) is 3. The molecule has 4 rings (SSSR count). The zero-order valence-corrected chi connectivity index (χ0v) is 20.0. The summed E-state index contributed by atoms with van der Waals surface area (Å²) in [7, 11) is 0. The molecule has 0 aliphatic carbocycles. The van der Waals surface area contributed by atoms with E-state index in [9.17, 15) is 14.7 Å². The number of rotatable bonds is 6. The fourth-order valence-corrected chi connectivity index (χ4v) is 5.04. The normalized spacial score (nSPS) is 24.7. The van der Waals surface area contributed by atoms with Crippen LogP contribution < -0.4 is 20.4 Å². The Kier molecular flexibility index (Phi) is 7.14. The molecule has 3 unspecified atom stereocenters. The maximum absolute atomic E-state index is 13.4. The summed E-state index contributed by atoms with van der Waals surface area (Å²) in [6.07, 6.45) is 4.52. The van der Waals surface area contributed by atoms with Gasteiger partial charge in [0.05, 0.1) is 40.6 Å². The van der Waals surface area contributed by atoms with E-state index in [1.165, 1.54) is 31.4 Å². The number of likely N-dealkylation sites (tertiary alicyclic amines) is 1. The largest absolute Gasteiger partial charge is 0.359 e. The second kappa shape index (κ2) is 9.89. The van der Waals surface area contributed by atoms with E-state index < -0.39 is 17.7 Å². The first-order valence-corrected chi connectivity index (χ1v) is 12.1. The smallest absolute Gasteiger partial charge is 0.329 e. The molecule has 33 heavy (non-hydrogen) atoms. The Labute approximate surface area is 203 Å². The second-order valence-electron chi connectivity index (χ2n) is 8.75. The van der Waals surface area contributed by atoms with E-state index in [-0.39, 0.29) is 16.3 Å². The number of benzene rings is 2. The molecule has 2 aromatic rings. The standard InChI is InChI=1S/C24H28Cl2N4O3/c1-16-7-4-5-13-29(16)14-6-12-27-22(31)24(33)18-8-2-3-9-21(18)28-23(32)30(24)17-10-11-19(25)20(26)15-17/h2-3,8-11,15-16,33H,4-7,12-14H2,1H3,(H,27,31)(H,28,32)/p+1. The monoisotopic (exact) mass is 491 g/mol. The van der Waals surface area contributed by atoms with E-state index in [1.807, 2.05) is 0 Å². The van der Waals surface area contributed by atoms with Gasteiger partial charge in [-0.1, -0.05) is 41.4 Å². The average Bonchev–Trinajstić information content (AvgIpc) is 2.80. The lowest BCUT2D eigenvalue weighted by atomic mass is 9.94. The summed E-state index contributed by atoms with van der Waals surface area (Å²) in [5, 5.41) is 17.9. The van der Waals surface area contributed by atoms with Gasteiger partial charge in [0.2, 0.25) is 0 Å². The summed E-state index contributed by atoms with van der Waals surface area (Å²) >= 11 is 12.2. The molecule has 0 spiro atoms. The number of fused-ring (bicyclic) bond motifs is 1. The molecule has 9 heteroatoms. The van der Waals surface area contributed by atoms with Crippen molar-refractivity contribution < 1.29 is 19.6 Å². The molecule has 1 fully saturated rings. The summed E-state index contributed by atoms with van der Waals surface area (Å²) in [5.74, 6) is -0.669. The highest BCUT2D eigenvalue weighted by Gasteiger charge is 2.51. The second-order valence-corrected chi connectivity index (χ2v) is 9.56. The van der Waals surface area contributed by atoms with Gasteiger partial charge in [0, 0.05) is 18.5 Å². The first kappa shape index (κ1) is 23.8. The number of quaternary nitrogens is 1. The van der Waals surface area contributed by atoms with Crippen LogP contribution in [0.5, 0.6) is 0 Å². The Bertz CT molecular complexity index is 1050. The Morgan fingerprint density at radius 3 is 2.79 bits per heavy atom. The van der Waals surface area contributed by atoms with Gasteiger partial charge in [-0.05, 0) is 50.5 Å². The zero-order valence-electron chi connectivity index (χ0n) is 18.5. The molecular formula is C24H29Cl2N4O3+. The molecule has 0 bridgehead atoms. The molecule has 4 N–H and O–H groups in total. The first-order chi connectivity index (χ1) is 15.8. The van der Waals surface area contributed by atoms with Crippen LogP contribution in [-0.4, -0.2) is 42.7 Å². The Morgan fingerprint density at radius 2 is 2.03 bits per heavy atom. The third-order valence-corrected chi connectivity index (χ3v) is 7.33. The molecule has 7 nitrogen and oxygen atoms in total. The van der Waals surface area contributed by atoms with Gasteiger partial charge in [-0.15, -0.1) is 0 Å². The van der Waals surface area contributed by atoms with Crippen LogP contribution in [0, 0.1) is 0 Å². The van der Waals surface area contributed by atoms with Gasteiger partial charge in [-0.25, -0.2) is 4.79 Å². The number of halogens is 2. The quantitative estimate of drug-likeness (QED) is 0.468. The minimum Gasteiger partial charge on any atom is -0.359 e. The van der Waals surface area contributed by atoms with E-state index in [0.29, 0.717) is 23.3 Å². The molecule has 0 saturated carbocycles. The summed E-state index contributed by atoms with van der Waals surface area (Å²) < 4.78 is 0. The average molecular weight is 492 g/mol. The van der Waals surface area contributed by atoms with Crippen LogP contribution in [0.2, 0.25) is 10.0 Å². The maximum atomic E-state index is 13.4. The van der Waals surface area contributed by atoms with Gasteiger partial charge in [0.1, 0.15) is 0 Å². The van der Waals surface area contributed by atoms with Crippen molar-refractivity contribution in [2.75, 3.05) is 29.9 Å².